The Morgan fingerprint density at radius 2 is 1.74 bits per heavy atom. The summed E-state index contributed by atoms with van der Waals surface area (Å²) in [5.41, 5.74) is 2.20. The fraction of sp³-hybridized carbons (Fsp3) is 0.571. The lowest BCUT2D eigenvalue weighted by Gasteiger charge is -2.22. The van der Waals surface area contributed by atoms with E-state index in [-0.39, 0.29) is 5.91 Å². The Labute approximate surface area is 161 Å². The van der Waals surface area contributed by atoms with E-state index in [1.165, 1.54) is 31.4 Å². The molecule has 0 atom stereocenters. The summed E-state index contributed by atoms with van der Waals surface area (Å²) in [5, 5.41) is 4.08. The molecule has 1 aliphatic heterocycles. The van der Waals surface area contributed by atoms with Gasteiger partial charge in [-0.1, -0.05) is 18.0 Å². The van der Waals surface area contributed by atoms with Crippen molar-refractivity contribution < 1.29 is 9.32 Å². The molecule has 2 aromatic rings. The fourth-order valence-corrected chi connectivity index (χ4v) is 3.57. The third kappa shape index (κ3) is 5.08. The van der Waals surface area contributed by atoms with Crippen LogP contribution in [0.2, 0.25) is 0 Å². The first-order valence-corrected chi connectivity index (χ1v) is 10.2. The highest BCUT2D eigenvalue weighted by Gasteiger charge is 2.14. The number of nitrogens with zero attached hydrogens (tertiary/aromatic N) is 4. The molecule has 146 valence electrons. The molecule has 1 aromatic carbocycles. The second kappa shape index (κ2) is 9.53. The van der Waals surface area contributed by atoms with Gasteiger partial charge < -0.3 is 14.3 Å². The van der Waals surface area contributed by atoms with Crippen LogP contribution in [0.4, 0.5) is 5.69 Å². The average molecular weight is 370 g/mol. The molecule has 0 saturated carbocycles. The minimum atomic E-state index is 0.126. The number of carbonyl (C=O) groups is 1. The smallest absolute Gasteiger partial charge is 0.227 e. The molecule has 1 saturated heterocycles. The molecule has 1 amide bonds. The van der Waals surface area contributed by atoms with Crippen LogP contribution in [-0.2, 0) is 11.2 Å². The van der Waals surface area contributed by atoms with Gasteiger partial charge in [0.2, 0.25) is 17.6 Å². The summed E-state index contributed by atoms with van der Waals surface area (Å²) in [6.45, 7) is 7.70. The Hall–Kier alpha value is -2.37. The zero-order valence-corrected chi connectivity index (χ0v) is 16.5. The Bertz CT molecular complexity index is 714. The van der Waals surface area contributed by atoms with Gasteiger partial charge in [-0.3, -0.25) is 4.79 Å². The van der Waals surface area contributed by atoms with Crippen LogP contribution in [-0.4, -0.2) is 47.1 Å². The molecule has 0 aliphatic carbocycles. The number of hydrogen-bond acceptors (Lipinski definition) is 5. The monoisotopic (exact) mass is 370 g/mol. The third-order valence-electron chi connectivity index (χ3n) is 5.23. The molecule has 0 spiro atoms. The number of aromatic nitrogens is 2. The standard InChI is InChI=1S/C21H30N4O2/c1-3-24(4-2)20(26)14-13-19-22-21(23-27-19)17-9-11-18(12-10-17)25-15-7-5-6-8-16-25/h9-12H,3-8,13-16H2,1-2H3. The molecule has 0 unspecified atom stereocenters. The van der Waals surface area contributed by atoms with E-state index in [1.54, 1.807) is 0 Å². The SMILES string of the molecule is CCN(CC)C(=O)CCc1nc(-c2ccc(N3CCCCCC3)cc2)no1. The zero-order chi connectivity index (χ0) is 19.1. The predicted octanol–water partition coefficient (Wildman–Crippen LogP) is 3.92. The number of rotatable bonds is 7. The Morgan fingerprint density at radius 3 is 2.37 bits per heavy atom. The highest BCUT2D eigenvalue weighted by Crippen LogP contribution is 2.23. The first-order valence-electron chi connectivity index (χ1n) is 10.2. The maximum Gasteiger partial charge on any atom is 0.227 e. The van der Waals surface area contributed by atoms with Gasteiger partial charge in [-0.25, -0.2) is 0 Å². The van der Waals surface area contributed by atoms with Crippen molar-refractivity contribution >= 4 is 11.6 Å². The van der Waals surface area contributed by atoms with Gasteiger partial charge in [0.25, 0.3) is 0 Å². The summed E-state index contributed by atoms with van der Waals surface area (Å²) in [6.07, 6.45) is 6.07. The van der Waals surface area contributed by atoms with Crippen molar-refractivity contribution in [2.45, 2.75) is 52.4 Å². The van der Waals surface area contributed by atoms with E-state index in [9.17, 15) is 4.79 Å². The van der Waals surface area contributed by atoms with E-state index >= 15 is 0 Å². The number of amides is 1. The van der Waals surface area contributed by atoms with Gasteiger partial charge in [-0.2, -0.15) is 4.98 Å². The van der Waals surface area contributed by atoms with Crippen molar-refractivity contribution in [2.75, 3.05) is 31.1 Å². The molecular formula is C21H30N4O2. The average Bonchev–Trinajstić information content (AvgIpc) is 3.01. The topological polar surface area (TPSA) is 62.5 Å². The molecular weight excluding hydrogens is 340 g/mol. The van der Waals surface area contributed by atoms with Crippen LogP contribution >= 0.6 is 0 Å². The summed E-state index contributed by atoms with van der Waals surface area (Å²) >= 11 is 0. The fourth-order valence-electron chi connectivity index (χ4n) is 3.57. The van der Waals surface area contributed by atoms with Gasteiger partial charge in [0.05, 0.1) is 0 Å². The van der Waals surface area contributed by atoms with Gasteiger partial charge >= 0.3 is 0 Å². The first-order chi connectivity index (χ1) is 13.2. The Morgan fingerprint density at radius 1 is 1.07 bits per heavy atom. The summed E-state index contributed by atoms with van der Waals surface area (Å²) in [7, 11) is 0. The molecule has 6 nitrogen and oxygen atoms in total. The maximum absolute atomic E-state index is 12.1. The first kappa shape index (κ1) is 19.4. The number of hydrogen-bond donors (Lipinski definition) is 0. The number of aryl methyl sites for hydroxylation is 1. The Balaban J connectivity index is 1.60. The molecule has 0 radical (unpaired) electrons. The van der Waals surface area contributed by atoms with Crippen molar-refractivity contribution in [2.24, 2.45) is 0 Å². The summed E-state index contributed by atoms with van der Waals surface area (Å²) in [4.78, 5) is 20.8. The van der Waals surface area contributed by atoms with Crippen LogP contribution in [0.25, 0.3) is 11.4 Å². The van der Waals surface area contributed by atoms with Gasteiger partial charge in [0, 0.05) is 50.3 Å². The zero-order valence-electron chi connectivity index (χ0n) is 16.5. The van der Waals surface area contributed by atoms with Crippen molar-refractivity contribution in [3.05, 3.63) is 30.2 Å². The minimum absolute atomic E-state index is 0.126. The molecule has 27 heavy (non-hydrogen) atoms. The lowest BCUT2D eigenvalue weighted by molar-refractivity contribution is -0.130. The van der Waals surface area contributed by atoms with Crippen molar-refractivity contribution in [1.29, 1.82) is 0 Å². The highest BCUT2D eigenvalue weighted by molar-refractivity contribution is 5.76. The lowest BCUT2D eigenvalue weighted by atomic mass is 10.2. The van der Waals surface area contributed by atoms with E-state index in [0.717, 1.165) is 31.7 Å². The molecule has 1 aliphatic rings. The molecule has 3 rings (SSSR count). The van der Waals surface area contributed by atoms with E-state index in [2.05, 4.69) is 39.3 Å². The van der Waals surface area contributed by atoms with Gasteiger partial charge in [0.15, 0.2) is 0 Å². The Kier molecular flexibility index (Phi) is 6.85. The number of benzene rings is 1. The van der Waals surface area contributed by atoms with Crippen LogP contribution in [0.5, 0.6) is 0 Å². The second-order valence-electron chi connectivity index (χ2n) is 7.03. The normalized spacial score (nSPS) is 14.8. The van der Waals surface area contributed by atoms with E-state index in [0.29, 0.717) is 24.6 Å². The second-order valence-corrected chi connectivity index (χ2v) is 7.03. The maximum atomic E-state index is 12.1. The van der Waals surface area contributed by atoms with E-state index in [1.807, 2.05) is 18.7 Å². The van der Waals surface area contributed by atoms with Crippen LogP contribution in [0, 0.1) is 0 Å². The molecule has 1 fully saturated rings. The molecule has 6 heteroatoms. The predicted molar refractivity (Wildman–Crippen MR) is 107 cm³/mol. The molecule has 2 heterocycles. The summed E-state index contributed by atoms with van der Waals surface area (Å²) < 4.78 is 5.34. The number of carbonyl (C=O) groups excluding carboxylic acids is 1. The van der Waals surface area contributed by atoms with Crippen molar-refractivity contribution in [3.8, 4) is 11.4 Å². The van der Waals surface area contributed by atoms with Crippen molar-refractivity contribution in [1.82, 2.24) is 15.0 Å². The molecule has 0 bridgehead atoms. The van der Waals surface area contributed by atoms with Gasteiger partial charge in [-0.05, 0) is 51.0 Å². The van der Waals surface area contributed by atoms with E-state index in [4.69, 9.17) is 4.52 Å². The number of anilines is 1. The highest BCUT2D eigenvalue weighted by atomic mass is 16.5. The van der Waals surface area contributed by atoms with Crippen LogP contribution in [0.15, 0.2) is 28.8 Å². The largest absolute Gasteiger partial charge is 0.372 e. The lowest BCUT2D eigenvalue weighted by Crippen LogP contribution is -2.30. The quantitative estimate of drug-likeness (QED) is 0.739. The van der Waals surface area contributed by atoms with Gasteiger partial charge in [-0.15, -0.1) is 0 Å². The minimum Gasteiger partial charge on any atom is -0.372 e. The van der Waals surface area contributed by atoms with E-state index < -0.39 is 0 Å². The van der Waals surface area contributed by atoms with Crippen LogP contribution in [0.1, 0.15) is 51.8 Å². The molecule has 0 N–H and O–H groups in total. The van der Waals surface area contributed by atoms with Crippen LogP contribution < -0.4 is 4.90 Å². The van der Waals surface area contributed by atoms with Crippen molar-refractivity contribution in [3.63, 3.8) is 0 Å². The third-order valence-corrected chi connectivity index (χ3v) is 5.23. The van der Waals surface area contributed by atoms with Crippen LogP contribution in [0.3, 0.4) is 0 Å². The summed E-state index contributed by atoms with van der Waals surface area (Å²) in [5.74, 6) is 1.23. The summed E-state index contributed by atoms with van der Waals surface area (Å²) in [6, 6.07) is 8.38. The molecule has 1 aromatic heterocycles. The van der Waals surface area contributed by atoms with Gasteiger partial charge in [0.1, 0.15) is 0 Å².